The van der Waals surface area contributed by atoms with Crippen LogP contribution in [0.2, 0.25) is 0 Å². The lowest BCUT2D eigenvalue weighted by molar-refractivity contribution is 1.06. The summed E-state index contributed by atoms with van der Waals surface area (Å²) in [4.78, 5) is 4.70. The molecule has 0 saturated carbocycles. The minimum absolute atomic E-state index is 0.678. The molecule has 2 heteroatoms. The molecule has 0 aliphatic rings. The maximum absolute atomic E-state index is 4.70. The summed E-state index contributed by atoms with van der Waals surface area (Å²) < 4.78 is 2.20. The van der Waals surface area contributed by atoms with Crippen molar-refractivity contribution in [3.63, 3.8) is 0 Å². The number of fused-ring (bicyclic) bond motifs is 3. The number of para-hydroxylation sites is 1. The van der Waals surface area contributed by atoms with E-state index in [9.17, 15) is 0 Å². The molecule has 0 bridgehead atoms. The van der Waals surface area contributed by atoms with Gasteiger partial charge in [-0.05, 0) is 34.9 Å². The zero-order valence-electron chi connectivity index (χ0n) is 15.5. The highest BCUT2D eigenvalue weighted by Crippen LogP contribution is 2.31. The molecule has 0 fully saturated rings. The fourth-order valence-electron chi connectivity index (χ4n) is 3.75. The maximum Gasteiger partial charge on any atom is 0.0944 e. The zero-order chi connectivity index (χ0) is 18.8. The third-order valence-electron chi connectivity index (χ3n) is 5.13. The van der Waals surface area contributed by atoms with Crippen LogP contribution < -0.4 is 0 Å². The molecule has 1 aromatic heterocycles. The number of benzene rings is 4. The Hall–Kier alpha value is -3.65. The van der Waals surface area contributed by atoms with Gasteiger partial charge in [-0.15, -0.1) is 0 Å². The molecule has 0 radical (unpaired) electrons. The predicted molar refractivity (Wildman–Crippen MR) is 119 cm³/mol. The Labute approximate surface area is 164 Å². The fourth-order valence-corrected chi connectivity index (χ4v) is 3.75. The largest absolute Gasteiger partial charge is 0.300 e. The minimum Gasteiger partial charge on any atom is -0.300 e. The number of hydrogen-bond acceptors (Lipinski definition) is 1. The standard InChI is InChI=1S/C26H20N2/c1-3-9-20(10-4-1)18-27-19-28-25-14-8-7-13-23(25)24-17-22(15-16-26(24)28)21-11-5-2-6-12-21/h1-17,19H,18H2. The molecule has 2 nitrogen and oxygen atoms in total. The molecule has 0 aliphatic heterocycles. The van der Waals surface area contributed by atoms with Crippen molar-refractivity contribution in [3.05, 3.63) is 109 Å². The van der Waals surface area contributed by atoms with E-state index in [4.69, 9.17) is 4.99 Å². The Morgan fingerprint density at radius 3 is 2.11 bits per heavy atom. The van der Waals surface area contributed by atoms with Crippen molar-refractivity contribution in [2.24, 2.45) is 4.99 Å². The van der Waals surface area contributed by atoms with Gasteiger partial charge in [-0.25, -0.2) is 0 Å². The van der Waals surface area contributed by atoms with Crippen LogP contribution in [0.3, 0.4) is 0 Å². The highest BCUT2D eigenvalue weighted by molar-refractivity contribution is 6.12. The summed E-state index contributed by atoms with van der Waals surface area (Å²) in [7, 11) is 0. The van der Waals surface area contributed by atoms with E-state index in [0.717, 1.165) is 0 Å². The maximum atomic E-state index is 4.70. The van der Waals surface area contributed by atoms with Crippen molar-refractivity contribution < 1.29 is 0 Å². The first kappa shape index (κ1) is 16.5. The summed E-state index contributed by atoms with van der Waals surface area (Å²) in [6.45, 7) is 0.678. The predicted octanol–water partition coefficient (Wildman–Crippen LogP) is 6.54. The summed E-state index contributed by atoms with van der Waals surface area (Å²) in [6.07, 6.45) is 1.96. The summed E-state index contributed by atoms with van der Waals surface area (Å²) >= 11 is 0. The normalized spacial score (nSPS) is 11.6. The highest BCUT2D eigenvalue weighted by atomic mass is 15.0. The average Bonchev–Trinajstić information content (AvgIpc) is 3.08. The molecule has 0 atom stereocenters. The summed E-state index contributed by atoms with van der Waals surface area (Å²) in [5.41, 5.74) is 6.04. The molecule has 0 aliphatic carbocycles. The zero-order valence-corrected chi connectivity index (χ0v) is 15.5. The van der Waals surface area contributed by atoms with Crippen molar-refractivity contribution in [1.29, 1.82) is 0 Å². The molecular weight excluding hydrogens is 340 g/mol. The van der Waals surface area contributed by atoms with Crippen LogP contribution in [0.25, 0.3) is 32.9 Å². The molecule has 0 unspecified atom stereocenters. The second kappa shape index (κ2) is 7.16. The van der Waals surface area contributed by atoms with E-state index in [2.05, 4.69) is 102 Å². The number of rotatable bonds is 4. The first-order valence-electron chi connectivity index (χ1n) is 9.52. The van der Waals surface area contributed by atoms with Gasteiger partial charge < -0.3 is 4.57 Å². The van der Waals surface area contributed by atoms with Gasteiger partial charge in [0.25, 0.3) is 0 Å². The molecular formula is C26H20N2. The van der Waals surface area contributed by atoms with E-state index in [1.165, 1.54) is 38.5 Å². The van der Waals surface area contributed by atoms with Gasteiger partial charge in [-0.1, -0.05) is 84.9 Å². The van der Waals surface area contributed by atoms with Crippen molar-refractivity contribution in [2.45, 2.75) is 6.54 Å². The van der Waals surface area contributed by atoms with Crippen LogP contribution in [-0.2, 0) is 6.54 Å². The van der Waals surface area contributed by atoms with E-state index in [0.29, 0.717) is 6.54 Å². The monoisotopic (exact) mass is 360 g/mol. The van der Waals surface area contributed by atoms with Gasteiger partial charge in [0.05, 0.1) is 23.9 Å². The van der Waals surface area contributed by atoms with E-state index in [-0.39, 0.29) is 0 Å². The number of nitrogens with zero attached hydrogens (tertiary/aromatic N) is 2. The van der Waals surface area contributed by atoms with E-state index >= 15 is 0 Å². The lowest BCUT2D eigenvalue weighted by Crippen LogP contribution is -1.95. The molecule has 134 valence electrons. The Bertz CT molecular complexity index is 1270. The molecule has 4 aromatic carbocycles. The summed E-state index contributed by atoms with van der Waals surface area (Å²) in [5.74, 6) is 0. The number of aromatic nitrogens is 1. The van der Waals surface area contributed by atoms with Crippen LogP contribution in [0, 0.1) is 0 Å². The third kappa shape index (κ3) is 2.99. The quantitative estimate of drug-likeness (QED) is 0.256. The SMILES string of the molecule is C(=NCc1ccccc1)n1c2ccccc2c2cc(-c3ccccc3)ccc21. The van der Waals surface area contributed by atoms with Crippen LogP contribution in [0.1, 0.15) is 5.56 Å². The molecule has 0 spiro atoms. The van der Waals surface area contributed by atoms with Crippen molar-refractivity contribution in [1.82, 2.24) is 4.57 Å². The van der Waals surface area contributed by atoms with E-state index in [1.807, 2.05) is 12.4 Å². The van der Waals surface area contributed by atoms with Crippen molar-refractivity contribution in [3.8, 4) is 11.1 Å². The first-order valence-corrected chi connectivity index (χ1v) is 9.52. The first-order chi connectivity index (χ1) is 13.9. The second-order valence-corrected chi connectivity index (χ2v) is 6.93. The smallest absolute Gasteiger partial charge is 0.0944 e. The lowest BCUT2D eigenvalue weighted by Gasteiger charge is -2.03. The van der Waals surface area contributed by atoms with Crippen molar-refractivity contribution >= 4 is 28.1 Å². The average molecular weight is 360 g/mol. The van der Waals surface area contributed by atoms with Crippen LogP contribution in [0.15, 0.2) is 108 Å². The fraction of sp³-hybridized carbons (Fsp3) is 0.0385. The molecule has 1 heterocycles. The van der Waals surface area contributed by atoms with Gasteiger partial charge in [0.1, 0.15) is 0 Å². The summed E-state index contributed by atoms with van der Waals surface area (Å²) in [6, 6.07) is 36.1. The molecule has 0 N–H and O–H groups in total. The van der Waals surface area contributed by atoms with Gasteiger partial charge in [0.2, 0.25) is 0 Å². The summed E-state index contributed by atoms with van der Waals surface area (Å²) in [5, 5.41) is 2.50. The van der Waals surface area contributed by atoms with Crippen molar-refractivity contribution in [2.75, 3.05) is 0 Å². The van der Waals surface area contributed by atoms with Crippen LogP contribution in [0.5, 0.6) is 0 Å². The molecule has 28 heavy (non-hydrogen) atoms. The Morgan fingerprint density at radius 2 is 1.29 bits per heavy atom. The van der Waals surface area contributed by atoms with Crippen LogP contribution >= 0.6 is 0 Å². The highest BCUT2D eigenvalue weighted by Gasteiger charge is 2.10. The third-order valence-corrected chi connectivity index (χ3v) is 5.13. The van der Waals surface area contributed by atoms with Gasteiger partial charge >= 0.3 is 0 Å². The van der Waals surface area contributed by atoms with Crippen LogP contribution in [0.4, 0.5) is 0 Å². The topological polar surface area (TPSA) is 17.3 Å². The van der Waals surface area contributed by atoms with Crippen LogP contribution in [-0.4, -0.2) is 10.9 Å². The molecule has 5 rings (SSSR count). The Kier molecular flexibility index (Phi) is 4.23. The molecule has 5 aromatic rings. The molecule has 0 amide bonds. The van der Waals surface area contributed by atoms with E-state index in [1.54, 1.807) is 0 Å². The van der Waals surface area contributed by atoms with Gasteiger partial charge in [-0.3, -0.25) is 4.99 Å². The Morgan fingerprint density at radius 1 is 0.607 bits per heavy atom. The van der Waals surface area contributed by atoms with Gasteiger partial charge in [-0.2, -0.15) is 0 Å². The molecule has 0 saturated heterocycles. The van der Waals surface area contributed by atoms with E-state index < -0.39 is 0 Å². The van der Waals surface area contributed by atoms with Gasteiger partial charge in [0, 0.05) is 10.8 Å². The Balaban J connectivity index is 1.62. The lowest BCUT2D eigenvalue weighted by atomic mass is 10.0. The second-order valence-electron chi connectivity index (χ2n) is 6.93. The number of aliphatic imine (C=N–C) groups is 1. The minimum atomic E-state index is 0.678. The van der Waals surface area contributed by atoms with Gasteiger partial charge in [0.15, 0.2) is 0 Å². The number of hydrogen-bond donors (Lipinski definition) is 0.